The molecule has 0 aliphatic rings. The molecule has 1 heterocycles. The lowest BCUT2D eigenvalue weighted by Crippen LogP contribution is -1.88. The maximum Gasteiger partial charge on any atom is 0.261 e. The van der Waals surface area contributed by atoms with Crippen molar-refractivity contribution in [3.8, 4) is 0 Å². The summed E-state index contributed by atoms with van der Waals surface area (Å²) in [5.74, 6) is -0.0226. The predicted molar refractivity (Wildman–Crippen MR) is 59.3 cm³/mol. The van der Waals surface area contributed by atoms with Gasteiger partial charge in [-0.2, -0.15) is 0 Å². The average Bonchev–Trinajstić information content (AvgIpc) is 2.58. The van der Waals surface area contributed by atoms with Crippen LogP contribution in [0.1, 0.15) is 17.5 Å². The topological polar surface area (TPSA) is 64.3 Å². The van der Waals surface area contributed by atoms with Crippen LogP contribution >= 0.6 is 10.7 Å². The van der Waals surface area contributed by atoms with E-state index in [4.69, 9.17) is 15.1 Å². The number of Topliss-reactive ketones (excluding diaryl/α,β-unsaturated/α-hetero) is 1. The Morgan fingerprint density at radius 2 is 2.00 bits per heavy atom. The highest BCUT2D eigenvalue weighted by Gasteiger charge is 2.13. The highest BCUT2D eigenvalue weighted by Crippen LogP contribution is 2.24. The second-order valence-electron chi connectivity index (χ2n) is 3.30. The third-order valence-electron chi connectivity index (χ3n) is 2.12. The van der Waals surface area contributed by atoms with E-state index < -0.39 is 9.05 Å². The molecule has 0 spiro atoms. The van der Waals surface area contributed by atoms with Crippen molar-refractivity contribution < 1.29 is 17.6 Å². The molecule has 0 amide bonds. The van der Waals surface area contributed by atoms with Gasteiger partial charge in [-0.3, -0.25) is 4.79 Å². The number of ketones is 1. The molecule has 0 radical (unpaired) electrons. The van der Waals surface area contributed by atoms with E-state index in [-0.39, 0.29) is 16.4 Å². The van der Waals surface area contributed by atoms with Gasteiger partial charge in [0.2, 0.25) is 0 Å². The van der Waals surface area contributed by atoms with Crippen LogP contribution < -0.4 is 0 Å². The first-order chi connectivity index (χ1) is 7.38. The van der Waals surface area contributed by atoms with Crippen molar-refractivity contribution in [3.05, 3.63) is 30.0 Å². The number of furan rings is 1. The Hall–Kier alpha value is -1.33. The molecule has 0 aliphatic carbocycles. The van der Waals surface area contributed by atoms with Crippen LogP contribution in [0, 0.1) is 0 Å². The van der Waals surface area contributed by atoms with Crippen molar-refractivity contribution in [2.75, 3.05) is 0 Å². The van der Waals surface area contributed by atoms with Crippen LogP contribution in [0.5, 0.6) is 0 Å². The molecule has 6 heteroatoms. The lowest BCUT2D eigenvalue weighted by atomic mass is 10.2. The van der Waals surface area contributed by atoms with Gasteiger partial charge in [-0.05, 0) is 18.2 Å². The first-order valence-corrected chi connectivity index (χ1v) is 6.68. The third kappa shape index (κ3) is 1.96. The van der Waals surface area contributed by atoms with E-state index in [1.54, 1.807) is 12.1 Å². The van der Waals surface area contributed by atoms with Crippen LogP contribution in [0.2, 0.25) is 0 Å². The summed E-state index contributed by atoms with van der Waals surface area (Å²) in [6.07, 6.45) is 0. The third-order valence-corrected chi connectivity index (χ3v) is 3.47. The molecular weight excluding hydrogens is 252 g/mol. The SMILES string of the molecule is CC(=O)c1cc2ccc(S(=O)(=O)Cl)cc2o1. The van der Waals surface area contributed by atoms with Gasteiger partial charge in [-0.25, -0.2) is 8.42 Å². The summed E-state index contributed by atoms with van der Waals surface area (Å²) in [5, 5.41) is 0.661. The minimum absolute atomic E-state index is 0.0499. The molecule has 0 aliphatic heterocycles. The largest absolute Gasteiger partial charge is 0.453 e. The van der Waals surface area contributed by atoms with Gasteiger partial charge in [0, 0.05) is 29.1 Å². The fraction of sp³-hybridized carbons (Fsp3) is 0.100. The minimum Gasteiger partial charge on any atom is -0.453 e. The highest BCUT2D eigenvalue weighted by atomic mass is 35.7. The average molecular weight is 259 g/mol. The predicted octanol–water partition coefficient (Wildman–Crippen LogP) is 2.56. The zero-order valence-electron chi connectivity index (χ0n) is 8.23. The highest BCUT2D eigenvalue weighted by molar-refractivity contribution is 8.13. The maximum absolute atomic E-state index is 11.1. The number of hydrogen-bond donors (Lipinski definition) is 0. The van der Waals surface area contributed by atoms with Crippen LogP contribution in [0.15, 0.2) is 33.6 Å². The van der Waals surface area contributed by atoms with Crippen LogP contribution in [0.4, 0.5) is 0 Å². The number of carbonyl (C=O) groups excluding carboxylic acids is 1. The number of fused-ring (bicyclic) bond motifs is 1. The van der Waals surface area contributed by atoms with E-state index in [1.807, 2.05) is 0 Å². The van der Waals surface area contributed by atoms with Crippen molar-refractivity contribution in [1.29, 1.82) is 0 Å². The van der Waals surface area contributed by atoms with E-state index in [2.05, 4.69) is 0 Å². The van der Waals surface area contributed by atoms with Crippen molar-refractivity contribution >= 4 is 36.5 Å². The lowest BCUT2D eigenvalue weighted by molar-refractivity contribution is 0.0989. The van der Waals surface area contributed by atoms with Gasteiger partial charge in [-0.1, -0.05) is 0 Å². The van der Waals surface area contributed by atoms with Gasteiger partial charge in [0.25, 0.3) is 9.05 Å². The van der Waals surface area contributed by atoms with Gasteiger partial charge in [0.05, 0.1) is 4.90 Å². The van der Waals surface area contributed by atoms with Crippen molar-refractivity contribution in [3.63, 3.8) is 0 Å². The Morgan fingerprint density at radius 1 is 1.31 bits per heavy atom. The molecule has 1 aromatic heterocycles. The number of carbonyl (C=O) groups is 1. The molecule has 2 aromatic rings. The first kappa shape index (κ1) is 11.2. The Morgan fingerprint density at radius 3 is 2.56 bits per heavy atom. The molecule has 0 saturated carbocycles. The van der Waals surface area contributed by atoms with Crippen LogP contribution in [0.25, 0.3) is 11.0 Å². The zero-order valence-corrected chi connectivity index (χ0v) is 9.80. The molecule has 16 heavy (non-hydrogen) atoms. The molecular formula is C10H7ClO4S. The fourth-order valence-electron chi connectivity index (χ4n) is 1.34. The minimum atomic E-state index is -3.78. The molecule has 0 atom stereocenters. The van der Waals surface area contributed by atoms with Crippen molar-refractivity contribution in [1.82, 2.24) is 0 Å². The summed E-state index contributed by atoms with van der Waals surface area (Å²) in [7, 11) is 1.41. The van der Waals surface area contributed by atoms with Crippen molar-refractivity contribution in [2.45, 2.75) is 11.8 Å². The molecule has 2 rings (SSSR count). The van der Waals surface area contributed by atoms with Crippen LogP contribution in [-0.2, 0) is 9.05 Å². The zero-order chi connectivity index (χ0) is 11.9. The quantitative estimate of drug-likeness (QED) is 0.613. The smallest absolute Gasteiger partial charge is 0.261 e. The molecule has 0 bridgehead atoms. The molecule has 0 N–H and O–H groups in total. The Balaban J connectivity index is 2.67. The number of benzene rings is 1. The van der Waals surface area contributed by atoms with E-state index >= 15 is 0 Å². The summed E-state index contributed by atoms with van der Waals surface area (Å²) in [6.45, 7) is 1.37. The molecule has 0 fully saturated rings. The standard InChI is InChI=1S/C10H7ClO4S/c1-6(12)9-4-7-2-3-8(16(11,13)14)5-10(7)15-9/h2-5H,1H3. The van der Waals surface area contributed by atoms with Gasteiger partial charge in [0.1, 0.15) is 5.58 Å². The van der Waals surface area contributed by atoms with E-state index in [1.165, 1.54) is 19.1 Å². The van der Waals surface area contributed by atoms with Crippen LogP contribution in [-0.4, -0.2) is 14.2 Å². The first-order valence-electron chi connectivity index (χ1n) is 4.37. The second-order valence-corrected chi connectivity index (χ2v) is 5.87. The second kappa shape index (κ2) is 3.61. The normalized spacial score (nSPS) is 11.9. The number of rotatable bonds is 2. The number of halogens is 1. The van der Waals surface area contributed by atoms with Gasteiger partial charge in [0.15, 0.2) is 11.5 Å². The van der Waals surface area contributed by atoms with E-state index in [0.717, 1.165) is 0 Å². The fourth-order valence-corrected chi connectivity index (χ4v) is 2.10. The van der Waals surface area contributed by atoms with Gasteiger partial charge >= 0.3 is 0 Å². The Labute approximate surface area is 96.2 Å². The van der Waals surface area contributed by atoms with Gasteiger partial charge < -0.3 is 4.42 Å². The van der Waals surface area contributed by atoms with Crippen LogP contribution in [0.3, 0.4) is 0 Å². The summed E-state index contributed by atoms with van der Waals surface area (Å²) in [6, 6.07) is 5.76. The molecule has 1 aromatic carbocycles. The molecule has 84 valence electrons. The maximum atomic E-state index is 11.1. The molecule has 0 unspecified atom stereocenters. The van der Waals surface area contributed by atoms with E-state index in [9.17, 15) is 13.2 Å². The summed E-state index contributed by atoms with van der Waals surface area (Å²) in [4.78, 5) is 11.0. The summed E-state index contributed by atoms with van der Waals surface area (Å²) < 4.78 is 27.3. The van der Waals surface area contributed by atoms with E-state index in [0.29, 0.717) is 11.0 Å². The van der Waals surface area contributed by atoms with Crippen molar-refractivity contribution in [2.24, 2.45) is 0 Å². The Bertz CT molecular complexity index is 669. The summed E-state index contributed by atoms with van der Waals surface area (Å²) in [5.41, 5.74) is 0.326. The Kier molecular flexibility index (Phi) is 2.52. The lowest BCUT2D eigenvalue weighted by Gasteiger charge is -1.94. The molecule has 4 nitrogen and oxygen atoms in total. The summed E-state index contributed by atoms with van der Waals surface area (Å²) >= 11 is 0. The van der Waals surface area contributed by atoms with Gasteiger partial charge in [-0.15, -0.1) is 0 Å². The molecule has 0 saturated heterocycles. The monoisotopic (exact) mass is 258 g/mol. The number of hydrogen-bond acceptors (Lipinski definition) is 4.